The van der Waals surface area contributed by atoms with Gasteiger partial charge >= 0.3 is 12.2 Å². The minimum Gasteiger partial charge on any atom is -0.378 e. The minimum atomic E-state index is -4.48. The second kappa shape index (κ2) is 10.1. The Balaban J connectivity index is 1.34. The fourth-order valence-electron chi connectivity index (χ4n) is 5.00. The van der Waals surface area contributed by atoms with Gasteiger partial charge in [0.1, 0.15) is 12.2 Å². The van der Waals surface area contributed by atoms with Crippen LogP contribution in [0.25, 0.3) is 20.8 Å². The van der Waals surface area contributed by atoms with Gasteiger partial charge in [0, 0.05) is 12.2 Å². The van der Waals surface area contributed by atoms with E-state index in [9.17, 15) is 22.4 Å². The van der Waals surface area contributed by atoms with Crippen LogP contribution in [0.3, 0.4) is 0 Å². The maximum atomic E-state index is 14.5. The topological polar surface area (TPSA) is 95.3 Å². The maximum Gasteiger partial charge on any atom is 0.393 e. The SMILES string of the molecule is O=C1NC(c2nc(-c3sc4c(N[C@@H]5CCNC[C@@H]5F)cccc4c3CC(F)(F)F)no2)CN1c1ccccc1. The summed E-state index contributed by atoms with van der Waals surface area (Å²) in [6.45, 7) is 1.09. The van der Waals surface area contributed by atoms with Crippen LogP contribution in [0.4, 0.5) is 33.7 Å². The molecule has 2 aliphatic rings. The molecule has 39 heavy (non-hydrogen) atoms. The number of rotatable bonds is 6. The number of piperidine rings is 1. The van der Waals surface area contributed by atoms with Gasteiger partial charge in [-0.1, -0.05) is 35.5 Å². The number of thiophene rings is 1. The molecule has 204 valence electrons. The number of halogens is 4. The highest BCUT2D eigenvalue weighted by molar-refractivity contribution is 7.23. The Kier molecular flexibility index (Phi) is 6.63. The van der Waals surface area contributed by atoms with Crippen molar-refractivity contribution >= 4 is 38.8 Å². The second-order valence-electron chi connectivity index (χ2n) is 9.55. The van der Waals surface area contributed by atoms with E-state index in [2.05, 4.69) is 26.1 Å². The number of carbonyl (C=O) groups is 1. The molecule has 2 aromatic carbocycles. The molecule has 3 N–H and O–H groups in total. The van der Waals surface area contributed by atoms with Crippen LogP contribution >= 0.6 is 11.3 Å². The molecule has 13 heteroatoms. The molecule has 0 saturated carbocycles. The summed E-state index contributed by atoms with van der Waals surface area (Å²) < 4.78 is 61.5. The van der Waals surface area contributed by atoms with Gasteiger partial charge in [-0.15, -0.1) is 11.3 Å². The highest BCUT2D eigenvalue weighted by Crippen LogP contribution is 2.44. The molecular weight excluding hydrogens is 536 g/mol. The molecule has 2 saturated heterocycles. The molecule has 0 spiro atoms. The van der Waals surface area contributed by atoms with Crippen molar-refractivity contribution in [3.63, 3.8) is 0 Å². The monoisotopic (exact) mass is 560 g/mol. The zero-order valence-electron chi connectivity index (χ0n) is 20.5. The van der Waals surface area contributed by atoms with Gasteiger partial charge in [0.2, 0.25) is 5.82 Å². The molecule has 2 amide bonds. The summed E-state index contributed by atoms with van der Waals surface area (Å²) in [5, 5.41) is 13.4. The van der Waals surface area contributed by atoms with Crippen LogP contribution < -0.4 is 20.9 Å². The highest BCUT2D eigenvalue weighted by atomic mass is 32.1. The van der Waals surface area contributed by atoms with E-state index in [1.54, 1.807) is 30.3 Å². The Morgan fingerprint density at radius 3 is 2.74 bits per heavy atom. The van der Waals surface area contributed by atoms with E-state index >= 15 is 0 Å². The molecule has 0 radical (unpaired) electrons. The van der Waals surface area contributed by atoms with E-state index in [0.29, 0.717) is 34.4 Å². The number of nitrogens with zero attached hydrogens (tertiary/aromatic N) is 3. The Hall–Kier alpha value is -3.71. The molecular formula is C26H24F4N6O2S. The molecule has 3 atom stereocenters. The number of benzene rings is 2. The molecule has 8 nitrogen and oxygen atoms in total. The lowest BCUT2D eigenvalue weighted by Crippen LogP contribution is -2.45. The van der Waals surface area contributed by atoms with Crippen LogP contribution in [0.1, 0.15) is 23.9 Å². The van der Waals surface area contributed by atoms with Gasteiger partial charge in [-0.2, -0.15) is 18.2 Å². The van der Waals surface area contributed by atoms with E-state index in [4.69, 9.17) is 4.52 Å². The minimum absolute atomic E-state index is 0.00837. The first-order valence-corrected chi connectivity index (χ1v) is 13.3. The van der Waals surface area contributed by atoms with E-state index < -0.39 is 30.9 Å². The first-order chi connectivity index (χ1) is 18.8. The number of anilines is 2. The number of hydrogen-bond donors (Lipinski definition) is 3. The van der Waals surface area contributed by atoms with Gasteiger partial charge in [0.05, 0.1) is 34.3 Å². The number of amides is 2. The van der Waals surface area contributed by atoms with Crippen molar-refractivity contribution in [1.82, 2.24) is 20.8 Å². The van der Waals surface area contributed by atoms with E-state index in [1.807, 2.05) is 18.2 Å². The van der Waals surface area contributed by atoms with Gasteiger partial charge in [-0.25, -0.2) is 9.18 Å². The van der Waals surface area contributed by atoms with Crippen molar-refractivity contribution < 1.29 is 26.9 Å². The lowest BCUT2D eigenvalue weighted by atomic mass is 10.0. The van der Waals surface area contributed by atoms with Crippen molar-refractivity contribution in [2.24, 2.45) is 0 Å². The van der Waals surface area contributed by atoms with Crippen LogP contribution in [-0.2, 0) is 6.42 Å². The Labute approximate surface area is 224 Å². The van der Waals surface area contributed by atoms with Crippen molar-refractivity contribution in [3.05, 3.63) is 60.0 Å². The fraction of sp³-hybridized carbons (Fsp3) is 0.346. The third-order valence-electron chi connectivity index (χ3n) is 6.86. The second-order valence-corrected chi connectivity index (χ2v) is 10.6. The van der Waals surface area contributed by atoms with E-state index in [0.717, 1.165) is 11.3 Å². The van der Waals surface area contributed by atoms with Crippen LogP contribution in [-0.4, -0.2) is 54.2 Å². The van der Waals surface area contributed by atoms with Gasteiger partial charge in [-0.05, 0) is 42.1 Å². The summed E-state index contributed by atoms with van der Waals surface area (Å²) in [6, 6.07) is 12.6. The van der Waals surface area contributed by atoms with E-state index in [-0.39, 0.29) is 41.3 Å². The highest BCUT2D eigenvalue weighted by Gasteiger charge is 2.36. The van der Waals surface area contributed by atoms with Crippen molar-refractivity contribution in [2.75, 3.05) is 29.9 Å². The van der Waals surface area contributed by atoms with Crippen molar-refractivity contribution in [3.8, 4) is 10.7 Å². The number of urea groups is 1. The third kappa shape index (κ3) is 5.15. The number of alkyl halides is 4. The average molecular weight is 561 g/mol. The predicted molar refractivity (Wildman–Crippen MR) is 140 cm³/mol. The fourth-order valence-corrected chi connectivity index (χ4v) is 6.22. The normalized spacial score (nSPS) is 21.9. The van der Waals surface area contributed by atoms with Crippen LogP contribution in [0.2, 0.25) is 0 Å². The van der Waals surface area contributed by atoms with Gasteiger partial charge < -0.3 is 20.5 Å². The summed E-state index contributed by atoms with van der Waals surface area (Å²) in [7, 11) is 0. The summed E-state index contributed by atoms with van der Waals surface area (Å²) in [6.07, 6.45) is -6.24. The summed E-state index contributed by atoms with van der Waals surface area (Å²) in [5.74, 6) is 0.106. The van der Waals surface area contributed by atoms with Gasteiger partial charge in [0.25, 0.3) is 5.89 Å². The van der Waals surface area contributed by atoms with E-state index in [1.165, 1.54) is 4.90 Å². The number of carbonyl (C=O) groups excluding carboxylic acids is 1. The molecule has 4 heterocycles. The van der Waals surface area contributed by atoms with Crippen LogP contribution in [0.15, 0.2) is 53.1 Å². The average Bonchev–Trinajstić information content (AvgIpc) is 3.63. The van der Waals surface area contributed by atoms with Gasteiger partial charge in [-0.3, -0.25) is 4.90 Å². The number of aromatic nitrogens is 2. The third-order valence-corrected chi connectivity index (χ3v) is 8.14. The quantitative estimate of drug-likeness (QED) is 0.272. The number of para-hydroxylation sites is 1. The maximum absolute atomic E-state index is 14.5. The van der Waals surface area contributed by atoms with Crippen LogP contribution in [0.5, 0.6) is 0 Å². The lowest BCUT2D eigenvalue weighted by molar-refractivity contribution is -0.126. The van der Waals surface area contributed by atoms with Crippen molar-refractivity contribution in [2.45, 2.75) is 37.3 Å². The zero-order valence-corrected chi connectivity index (χ0v) is 21.3. The number of nitrogens with one attached hydrogen (secondary N) is 3. The molecule has 1 unspecified atom stereocenters. The summed E-state index contributed by atoms with van der Waals surface area (Å²) in [4.78, 5) is 18.7. The number of hydrogen-bond acceptors (Lipinski definition) is 7. The summed E-state index contributed by atoms with van der Waals surface area (Å²) in [5.41, 5.74) is 1.28. The Bertz CT molecular complexity index is 1490. The molecule has 6 rings (SSSR count). The van der Waals surface area contributed by atoms with Crippen molar-refractivity contribution in [1.29, 1.82) is 0 Å². The largest absolute Gasteiger partial charge is 0.393 e. The zero-order chi connectivity index (χ0) is 27.1. The van der Waals surface area contributed by atoms with Crippen LogP contribution in [0, 0.1) is 0 Å². The predicted octanol–water partition coefficient (Wildman–Crippen LogP) is 5.44. The molecule has 2 fully saturated rings. The Morgan fingerprint density at radius 1 is 1.15 bits per heavy atom. The molecule has 4 aromatic rings. The molecule has 2 aromatic heterocycles. The molecule has 2 aliphatic heterocycles. The molecule has 0 bridgehead atoms. The molecule has 0 aliphatic carbocycles. The first-order valence-electron chi connectivity index (χ1n) is 12.5. The van der Waals surface area contributed by atoms with Gasteiger partial charge in [0.15, 0.2) is 0 Å². The summed E-state index contributed by atoms with van der Waals surface area (Å²) >= 11 is 1.10. The number of fused-ring (bicyclic) bond motifs is 1. The smallest absolute Gasteiger partial charge is 0.378 e. The standard InChI is InChI=1S/C26H24F4N6O2S/c27-17-12-31-10-9-18(17)32-19-8-4-7-15-16(11-26(28,29)30)22(39-21(15)19)23-34-24(38-35-23)20-13-36(25(37)33-20)14-5-2-1-3-6-14/h1-8,17-18,20,31-32H,9-13H2,(H,33,37)/t17-,18+,20?/m0/s1. The first kappa shape index (κ1) is 25.6. The Morgan fingerprint density at radius 2 is 1.97 bits per heavy atom. The lowest BCUT2D eigenvalue weighted by Gasteiger charge is -2.28.